The molecule has 0 aromatic carbocycles. The quantitative estimate of drug-likeness (QED) is 0.909. The van der Waals surface area contributed by atoms with Gasteiger partial charge in [0.1, 0.15) is 0 Å². The van der Waals surface area contributed by atoms with Crippen LogP contribution in [0.2, 0.25) is 0 Å². The molecule has 0 unspecified atom stereocenters. The minimum Gasteiger partial charge on any atom is -0.336 e. The van der Waals surface area contributed by atoms with Gasteiger partial charge in [-0.3, -0.25) is 4.79 Å². The molecule has 1 saturated heterocycles. The third-order valence-electron chi connectivity index (χ3n) is 4.01. The van der Waals surface area contributed by atoms with Crippen molar-refractivity contribution in [2.75, 3.05) is 32.7 Å². The highest BCUT2D eigenvalue weighted by Gasteiger charge is 2.25. The first-order valence-electron chi connectivity index (χ1n) is 7.98. The number of hydrogen-bond acceptors (Lipinski definition) is 4. The Hall–Kier alpha value is -2.35. The summed E-state index contributed by atoms with van der Waals surface area (Å²) in [4.78, 5) is 34.0. The highest BCUT2D eigenvalue weighted by molar-refractivity contribution is 7.13. The largest absolute Gasteiger partial charge is 0.336 e. The van der Waals surface area contributed by atoms with Crippen molar-refractivity contribution in [1.82, 2.24) is 24.7 Å². The van der Waals surface area contributed by atoms with E-state index in [1.807, 2.05) is 34.7 Å². The van der Waals surface area contributed by atoms with Gasteiger partial charge >= 0.3 is 6.03 Å². The van der Waals surface area contributed by atoms with Crippen molar-refractivity contribution >= 4 is 23.3 Å². The van der Waals surface area contributed by atoms with E-state index in [2.05, 4.69) is 10.3 Å². The Labute approximate surface area is 144 Å². The maximum Gasteiger partial charge on any atom is 0.317 e. The summed E-state index contributed by atoms with van der Waals surface area (Å²) < 4.78 is 1.92. The monoisotopic (exact) mass is 347 g/mol. The van der Waals surface area contributed by atoms with Gasteiger partial charge in [0.15, 0.2) is 0 Å². The number of aromatic nitrogens is 2. The van der Waals surface area contributed by atoms with E-state index in [-0.39, 0.29) is 11.9 Å². The fourth-order valence-electron chi connectivity index (χ4n) is 2.64. The normalized spacial score (nSPS) is 14.7. The van der Waals surface area contributed by atoms with Gasteiger partial charge in [-0.25, -0.2) is 9.78 Å². The van der Waals surface area contributed by atoms with Crippen LogP contribution in [0.4, 0.5) is 4.79 Å². The molecule has 0 bridgehead atoms. The zero-order valence-electron chi connectivity index (χ0n) is 13.6. The molecule has 0 atom stereocenters. The molecular formula is C16H21N5O2S. The van der Waals surface area contributed by atoms with Gasteiger partial charge in [-0.1, -0.05) is 0 Å². The van der Waals surface area contributed by atoms with Crippen molar-refractivity contribution in [3.05, 3.63) is 40.6 Å². The molecule has 2 aromatic heterocycles. The molecule has 1 fully saturated rings. The highest BCUT2D eigenvalue weighted by Crippen LogP contribution is 2.18. The van der Waals surface area contributed by atoms with E-state index in [1.165, 1.54) is 11.3 Å². The Balaban J connectivity index is 1.42. The van der Waals surface area contributed by atoms with Gasteiger partial charge in [0.25, 0.3) is 5.91 Å². The Morgan fingerprint density at radius 2 is 1.96 bits per heavy atom. The van der Waals surface area contributed by atoms with Crippen molar-refractivity contribution in [3.63, 3.8) is 0 Å². The number of carbonyl (C=O) groups is 2. The molecular weight excluding hydrogens is 326 g/mol. The molecule has 0 saturated carbocycles. The van der Waals surface area contributed by atoms with E-state index in [0.717, 1.165) is 9.75 Å². The second kappa shape index (κ2) is 7.48. The number of urea groups is 1. The summed E-state index contributed by atoms with van der Waals surface area (Å²) in [5.74, 6) is 0.0632. The first kappa shape index (κ1) is 16.5. The van der Waals surface area contributed by atoms with Crippen molar-refractivity contribution in [2.45, 2.75) is 13.5 Å². The third kappa shape index (κ3) is 3.94. The van der Waals surface area contributed by atoms with Gasteiger partial charge in [-0.05, 0) is 19.1 Å². The molecule has 1 N–H and O–H groups in total. The lowest BCUT2D eigenvalue weighted by atomic mass is 10.3. The lowest BCUT2D eigenvalue weighted by Gasteiger charge is -2.34. The first-order valence-corrected chi connectivity index (χ1v) is 8.79. The van der Waals surface area contributed by atoms with Gasteiger partial charge < -0.3 is 19.7 Å². The summed E-state index contributed by atoms with van der Waals surface area (Å²) in [6, 6.07) is 3.76. The van der Waals surface area contributed by atoms with E-state index in [0.29, 0.717) is 39.3 Å². The molecule has 3 amide bonds. The maximum absolute atomic E-state index is 12.4. The van der Waals surface area contributed by atoms with Crippen LogP contribution in [-0.2, 0) is 6.54 Å². The minimum absolute atomic E-state index is 0.0632. The Morgan fingerprint density at radius 3 is 2.58 bits per heavy atom. The number of hydrogen-bond donors (Lipinski definition) is 1. The van der Waals surface area contributed by atoms with E-state index in [9.17, 15) is 9.59 Å². The second-order valence-corrected chi connectivity index (χ2v) is 7.01. The molecule has 1 aliphatic heterocycles. The number of amides is 3. The molecule has 1 aliphatic rings. The molecule has 0 aliphatic carbocycles. The fourth-order valence-corrected chi connectivity index (χ4v) is 3.48. The van der Waals surface area contributed by atoms with E-state index in [1.54, 1.807) is 17.4 Å². The van der Waals surface area contributed by atoms with Gasteiger partial charge in [0, 0.05) is 56.5 Å². The number of rotatable bonds is 4. The Kier molecular flexibility index (Phi) is 5.14. The molecule has 7 nitrogen and oxygen atoms in total. The topological polar surface area (TPSA) is 70.5 Å². The summed E-state index contributed by atoms with van der Waals surface area (Å²) in [5, 5.41) is 2.91. The van der Waals surface area contributed by atoms with Crippen molar-refractivity contribution in [3.8, 4) is 0 Å². The zero-order chi connectivity index (χ0) is 16.9. The lowest BCUT2D eigenvalue weighted by molar-refractivity contribution is 0.0670. The predicted molar refractivity (Wildman–Crippen MR) is 92.2 cm³/mol. The standard InChI is InChI=1S/C16H21N5O2S/c1-13-2-3-14(24-13)15(22)20-8-10-21(11-9-20)16(23)18-5-7-19-6-4-17-12-19/h2-4,6,12H,5,7-11H2,1H3,(H,18,23). The molecule has 8 heteroatoms. The van der Waals surface area contributed by atoms with Crippen LogP contribution in [0.1, 0.15) is 14.5 Å². The van der Waals surface area contributed by atoms with Crippen LogP contribution in [0, 0.1) is 6.92 Å². The predicted octanol–water partition coefficient (Wildman–Crippen LogP) is 1.42. The van der Waals surface area contributed by atoms with Crippen LogP contribution < -0.4 is 5.32 Å². The Bertz CT molecular complexity index is 689. The van der Waals surface area contributed by atoms with E-state index in [4.69, 9.17) is 0 Å². The number of imidazole rings is 1. The van der Waals surface area contributed by atoms with Crippen LogP contribution in [0.5, 0.6) is 0 Å². The number of carbonyl (C=O) groups excluding carboxylic acids is 2. The number of nitrogens with zero attached hydrogens (tertiary/aromatic N) is 4. The zero-order valence-corrected chi connectivity index (χ0v) is 14.5. The van der Waals surface area contributed by atoms with Crippen molar-refractivity contribution < 1.29 is 9.59 Å². The minimum atomic E-state index is -0.0748. The molecule has 3 heterocycles. The van der Waals surface area contributed by atoms with E-state index >= 15 is 0 Å². The number of nitrogens with one attached hydrogen (secondary N) is 1. The molecule has 128 valence electrons. The molecule has 0 spiro atoms. The number of thiophene rings is 1. The fraction of sp³-hybridized carbons (Fsp3) is 0.438. The van der Waals surface area contributed by atoms with Crippen LogP contribution >= 0.6 is 11.3 Å². The second-order valence-electron chi connectivity index (χ2n) is 5.72. The molecule has 0 radical (unpaired) electrons. The molecule has 2 aromatic rings. The summed E-state index contributed by atoms with van der Waals surface area (Å²) in [6.45, 7) is 5.52. The summed E-state index contributed by atoms with van der Waals surface area (Å²) in [6.07, 6.45) is 5.30. The van der Waals surface area contributed by atoms with Gasteiger partial charge in [0.2, 0.25) is 0 Å². The summed E-state index contributed by atoms with van der Waals surface area (Å²) >= 11 is 1.51. The van der Waals surface area contributed by atoms with Gasteiger partial charge in [-0.2, -0.15) is 0 Å². The lowest BCUT2D eigenvalue weighted by Crippen LogP contribution is -2.53. The number of piperazine rings is 1. The smallest absolute Gasteiger partial charge is 0.317 e. The van der Waals surface area contributed by atoms with Gasteiger partial charge in [0.05, 0.1) is 11.2 Å². The number of aryl methyl sites for hydroxylation is 1. The summed E-state index contributed by atoms with van der Waals surface area (Å²) in [5.41, 5.74) is 0. The van der Waals surface area contributed by atoms with Crippen LogP contribution in [-0.4, -0.2) is 64.0 Å². The average Bonchev–Trinajstić information content (AvgIpc) is 3.26. The first-order chi connectivity index (χ1) is 11.6. The van der Waals surface area contributed by atoms with Gasteiger partial charge in [-0.15, -0.1) is 11.3 Å². The highest BCUT2D eigenvalue weighted by atomic mass is 32.1. The Morgan fingerprint density at radius 1 is 1.21 bits per heavy atom. The van der Waals surface area contributed by atoms with Crippen LogP contribution in [0.25, 0.3) is 0 Å². The third-order valence-corrected chi connectivity index (χ3v) is 5.00. The average molecular weight is 347 g/mol. The van der Waals surface area contributed by atoms with Crippen molar-refractivity contribution in [2.24, 2.45) is 0 Å². The van der Waals surface area contributed by atoms with Crippen LogP contribution in [0.3, 0.4) is 0 Å². The van der Waals surface area contributed by atoms with E-state index < -0.39 is 0 Å². The van der Waals surface area contributed by atoms with Crippen LogP contribution in [0.15, 0.2) is 30.9 Å². The SMILES string of the molecule is Cc1ccc(C(=O)N2CCN(C(=O)NCCn3ccnc3)CC2)s1. The van der Waals surface area contributed by atoms with Crippen molar-refractivity contribution in [1.29, 1.82) is 0 Å². The molecule has 3 rings (SSSR count). The summed E-state index contributed by atoms with van der Waals surface area (Å²) in [7, 11) is 0. The molecule has 24 heavy (non-hydrogen) atoms. The maximum atomic E-state index is 12.4.